The van der Waals surface area contributed by atoms with E-state index in [1.807, 2.05) is 30.3 Å². The number of rotatable bonds is 4. The molecule has 1 heterocycles. The predicted molar refractivity (Wildman–Crippen MR) is 81.4 cm³/mol. The molecule has 0 atom stereocenters. The minimum Gasteiger partial charge on any atom is -0.457 e. The highest BCUT2D eigenvalue weighted by Crippen LogP contribution is 2.19. The zero-order valence-corrected chi connectivity index (χ0v) is 11.7. The molecule has 3 aromatic rings. The minimum absolute atomic E-state index is 0.0707. The zero-order chi connectivity index (χ0) is 15.4. The van der Waals surface area contributed by atoms with Gasteiger partial charge in [0.1, 0.15) is 23.8 Å². The summed E-state index contributed by atoms with van der Waals surface area (Å²) in [6, 6.07) is 15.3. The van der Waals surface area contributed by atoms with E-state index < -0.39 is 5.97 Å². The summed E-state index contributed by atoms with van der Waals surface area (Å²) in [6.45, 7) is 0.0707. The quantitative estimate of drug-likeness (QED) is 0.531. The van der Waals surface area contributed by atoms with Crippen LogP contribution in [0, 0.1) is 5.82 Å². The molecule has 3 rings (SSSR count). The fourth-order valence-corrected chi connectivity index (χ4v) is 2.04. The van der Waals surface area contributed by atoms with E-state index in [0.717, 1.165) is 16.5 Å². The summed E-state index contributed by atoms with van der Waals surface area (Å²) in [5.41, 5.74) is 1.48. The number of benzene rings is 2. The molecule has 0 fully saturated rings. The van der Waals surface area contributed by atoms with Gasteiger partial charge in [-0.3, -0.25) is 0 Å². The third-order valence-corrected chi connectivity index (χ3v) is 3.12. The molecular formula is C18H13FO3. The molecule has 4 heteroatoms. The number of furan rings is 1. The molecule has 0 aliphatic rings. The molecule has 2 aromatic carbocycles. The van der Waals surface area contributed by atoms with E-state index in [2.05, 4.69) is 0 Å². The standard InChI is InChI=1S/C18H13FO3/c19-15-8-5-13(6-9-15)7-10-18(20)21-12-16-11-14-3-1-2-4-17(14)22-16/h1-11H,12H2/b10-7+. The molecule has 0 unspecified atom stereocenters. The lowest BCUT2D eigenvalue weighted by Gasteiger charge is -1.98. The van der Waals surface area contributed by atoms with Crippen molar-refractivity contribution in [2.45, 2.75) is 6.61 Å². The predicted octanol–water partition coefficient (Wildman–Crippen LogP) is 4.33. The average Bonchev–Trinajstić information content (AvgIpc) is 2.95. The van der Waals surface area contributed by atoms with Crippen molar-refractivity contribution in [2.75, 3.05) is 0 Å². The summed E-state index contributed by atoms with van der Waals surface area (Å²) < 4.78 is 23.4. The first kappa shape index (κ1) is 14.1. The van der Waals surface area contributed by atoms with Gasteiger partial charge in [-0.15, -0.1) is 0 Å². The van der Waals surface area contributed by atoms with Crippen molar-refractivity contribution in [1.82, 2.24) is 0 Å². The number of fused-ring (bicyclic) bond motifs is 1. The largest absolute Gasteiger partial charge is 0.457 e. The number of hydrogen-bond donors (Lipinski definition) is 0. The topological polar surface area (TPSA) is 39.4 Å². The van der Waals surface area contributed by atoms with Crippen LogP contribution in [0.2, 0.25) is 0 Å². The van der Waals surface area contributed by atoms with Crippen LogP contribution in [-0.4, -0.2) is 5.97 Å². The van der Waals surface area contributed by atoms with Crippen molar-refractivity contribution >= 4 is 23.0 Å². The molecule has 0 saturated heterocycles. The summed E-state index contributed by atoms with van der Waals surface area (Å²) in [4.78, 5) is 11.6. The number of ether oxygens (including phenoxy) is 1. The van der Waals surface area contributed by atoms with Crippen LogP contribution < -0.4 is 0 Å². The SMILES string of the molecule is O=C(/C=C/c1ccc(F)cc1)OCc1cc2ccccc2o1. The second kappa shape index (κ2) is 6.26. The highest BCUT2D eigenvalue weighted by atomic mass is 19.1. The van der Waals surface area contributed by atoms with Gasteiger partial charge in [0.05, 0.1) is 0 Å². The maximum atomic E-state index is 12.8. The molecular weight excluding hydrogens is 283 g/mol. The molecule has 22 heavy (non-hydrogen) atoms. The van der Waals surface area contributed by atoms with E-state index in [1.54, 1.807) is 18.2 Å². The molecule has 0 aliphatic heterocycles. The Morgan fingerprint density at radius 2 is 1.91 bits per heavy atom. The Kier molecular flexibility index (Phi) is 4.01. The van der Waals surface area contributed by atoms with Crippen LogP contribution in [0.4, 0.5) is 4.39 Å². The maximum absolute atomic E-state index is 12.8. The summed E-state index contributed by atoms with van der Waals surface area (Å²) in [7, 11) is 0. The van der Waals surface area contributed by atoms with Gasteiger partial charge in [-0.05, 0) is 35.9 Å². The van der Waals surface area contributed by atoms with Crippen molar-refractivity contribution in [3.05, 3.63) is 77.8 Å². The fraction of sp³-hybridized carbons (Fsp3) is 0.0556. The Morgan fingerprint density at radius 3 is 2.68 bits per heavy atom. The Labute approximate surface area is 126 Å². The first-order chi connectivity index (χ1) is 10.7. The molecule has 0 saturated carbocycles. The van der Waals surface area contributed by atoms with Crippen LogP contribution >= 0.6 is 0 Å². The van der Waals surface area contributed by atoms with Crippen molar-refractivity contribution in [2.24, 2.45) is 0 Å². The van der Waals surface area contributed by atoms with Crippen LogP contribution in [0.25, 0.3) is 17.0 Å². The van der Waals surface area contributed by atoms with Crippen LogP contribution in [0.5, 0.6) is 0 Å². The smallest absolute Gasteiger partial charge is 0.331 e. The Morgan fingerprint density at radius 1 is 1.14 bits per heavy atom. The average molecular weight is 296 g/mol. The number of halogens is 1. The Hall–Kier alpha value is -2.88. The van der Waals surface area contributed by atoms with Gasteiger partial charge in [0, 0.05) is 11.5 Å². The molecule has 1 aromatic heterocycles. The summed E-state index contributed by atoms with van der Waals surface area (Å²) >= 11 is 0. The van der Waals surface area contributed by atoms with Crippen LogP contribution in [0.1, 0.15) is 11.3 Å². The van der Waals surface area contributed by atoms with Crippen molar-refractivity contribution in [1.29, 1.82) is 0 Å². The van der Waals surface area contributed by atoms with Gasteiger partial charge in [-0.1, -0.05) is 30.3 Å². The van der Waals surface area contributed by atoms with Gasteiger partial charge in [-0.25, -0.2) is 9.18 Å². The summed E-state index contributed by atoms with van der Waals surface area (Å²) in [5, 5.41) is 0.968. The van der Waals surface area contributed by atoms with E-state index in [-0.39, 0.29) is 12.4 Å². The second-order valence-corrected chi connectivity index (χ2v) is 4.74. The number of para-hydroxylation sites is 1. The van der Waals surface area contributed by atoms with E-state index in [1.165, 1.54) is 18.2 Å². The fourth-order valence-electron chi connectivity index (χ4n) is 2.04. The van der Waals surface area contributed by atoms with Crippen molar-refractivity contribution in [3.8, 4) is 0 Å². The third-order valence-electron chi connectivity index (χ3n) is 3.12. The van der Waals surface area contributed by atoms with Gasteiger partial charge in [-0.2, -0.15) is 0 Å². The first-order valence-corrected chi connectivity index (χ1v) is 6.78. The third kappa shape index (κ3) is 3.41. The monoisotopic (exact) mass is 296 g/mol. The molecule has 0 N–H and O–H groups in total. The summed E-state index contributed by atoms with van der Waals surface area (Å²) in [5.74, 6) is -0.209. The van der Waals surface area contributed by atoms with Crippen LogP contribution in [0.15, 0.2) is 65.1 Å². The number of hydrogen-bond acceptors (Lipinski definition) is 3. The molecule has 0 amide bonds. The number of carbonyl (C=O) groups excluding carboxylic acids is 1. The zero-order valence-electron chi connectivity index (χ0n) is 11.7. The highest BCUT2D eigenvalue weighted by Gasteiger charge is 2.05. The van der Waals surface area contributed by atoms with Gasteiger partial charge in [0.2, 0.25) is 0 Å². The van der Waals surface area contributed by atoms with Gasteiger partial charge < -0.3 is 9.15 Å². The Balaban J connectivity index is 1.58. The lowest BCUT2D eigenvalue weighted by Crippen LogP contribution is -1.99. The van der Waals surface area contributed by atoms with Crippen molar-refractivity contribution < 1.29 is 18.3 Å². The first-order valence-electron chi connectivity index (χ1n) is 6.78. The number of carbonyl (C=O) groups is 1. The lowest BCUT2D eigenvalue weighted by atomic mass is 10.2. The second-order valence-electron chi connectivity index (χ2n) is 4.74. The van der Waals surface area contributed by atoms with Gasteiger partial charge in [0.25, 0.3) is 0 Å². The molecule has 110 valence electrons. The van der Waals surface area contributed by atoms with Gasteiger partial charge >= 0.3 is 5.97 Å². The van der Waals surface area contributed by atoms with Crippen LogP contribution in [0.3, 0.4) is 0 Å². The molecule has 0 spiro atoms. The van der Waals surface area contributed by atoms with E-state index in [4.69, 9.17) is 9.15 Å². The molecule has 0 aliphatic carbocycles. The maximum Gasteiger partial charge on any atom is 0.331 e. The normalized spacial score (nSPS) is 11.1. The van der Waals surface area contributed by atoms with Crippen molar-refractivity contribution in [3.63, 3.8) is 0 Å². The minimum atomic E-state index is -0.482. The summed E-state index contributed by atoms with van der Waals surface area (Å²) in [6.07, 6.45) is 2.87. The van der Waals surface area contributed by atoms with E-state index in [9.17, 15) is 9.18 Å². The van der Waals surface area contributed by atoms with E-state index >= 15 is 0 Å². The number of esters is 1. The molecule has 0 radical (unpaired) electrons. The lowest BCUT2D eigenvalue weighted by molar-refractivity contribution is -0.139. The highest BCUT2D eigenvalue weighted by molar-refractivity contribution is 5.87. The molecule has 0 bridgehead atoms. The van der Waals surface area contributed by atoms with E-state index in [0.29, 0.717) is 5.76 Å². The van der Waals surface area contributed by atoms with Crippen LogP contribution in [-0.2, 0) is 16.1 Å². The Bertz CT molecular complexity index is 783. The molecule has 3 nitrogen and oxygen atoms in total. The van der Waals surface area contributed by atoms with Gasteiger partial charge in [0.15, 0.2) is 0 Å².